The number of nitrogens with zero attached hydrogens (tertiary/aromatic N) is 1. The molecular weight excluding hydrogens is 238 g/mol. The van der Waals surface area contributed by atoms with Gasteiger partial charge < -0.3 is 9.84 Å². The summed E-state index contributed by atoms with van der Waals surface area (Å²) in [6.45, 7) is 4.17. The van der Waals surface area contributed by atoms with Gasteiger partial charge in [-0.1, -0.05) is 18.2 Å². The van der Waals surface area contributed by atoms with Gasteiger partial charge >= 0.3 is 0 Å². The fourth-order valence-electron chi connectivity index (χ4n) is 2.00. The Morgan fingerprint density at radius 2 is 1.95 bits per heavy atom. The van der Waals surface area contributed by atoms with Crippen LogP contribution >= 0.6 is 0 Å². The number of hydrogen-bond acceptors (Lipinski definition) is 3. The van der Waals surface area contributed by atoms with E-state index in [2.05, 4.69) is 37.0 Å². The van der Waals surface area contributed by atoms with Gasteiger partial charge in [0.05, 0.1) is 19.4 Å². The van der Waals surface area contributed by atoms with Crippen LogP contribution < -0.4 is 4.74 Å². The average Bonchev–Trinajstić information content (AvgIpc) is 2.43. The van der Waals surface area contributed by atoms with Gasteiger partial charge in [-0.3, -0.25) is 4.98 Å². The second-order valence-electron chi connectivity index (χ2n) is 4.80. The molecule has 1 heterocycles. The summed E-state index contributed by atoms with van der Waals surface area (Å²) in [7, 11) is 1.59. The number of aliphatic hydroxyl groups is 1. The predicted molar refractivity (Wildman–Crippen MR) is 75.4 cm³/mol. The molecule has 1 aromatic heterocycles. The van der Waals surface area contributed by atoms with E-state index >= 15 is 0 Å². The summed E-state index contributed by atoms with van der Waals surface area (Å²) in [6, 6.07) is 8.07. The molecule has 1 unspecified atom stereocenters. The van der Waals surface area contributed by atoms with E-state index in [1.54, 1.807) is 19.5 Å². The molecule has 0 fully saturated rings. The number of methoxy groups -OCH3 is 1. The van der Waals surface area contributed by atoms with Crippen molar-refractivity contribution in [2.45, 2.75) is 26.4 Å². The van der Waals surface area contributed by atoms with Crippen molar-refractivity contribution in [3.63, 3.8) is 0 Å². The highest BCUT2D eigenvalue weighted by atomic mass is 16.5. The SMILES string of the molecule is COc1cncc(C(O)Cc2ccc(C)c(C)c2)c1. The molecule has 0 spiro atoms. The van der Waals surface area contributed by atoms with Gasteiger partial charge in [-0.2, -0.15) is 0 Å². The third kappa shape index (κ3) is 3.32. The third-order valence-corrected chi connectivity index (χ3v) is 3.36. The minimum absolute atomic E-state index is 0.565. The number of aromatic nitrogens is 1. The van der Waals surface area contributed by atoms with E-state index in [4.69, 9.17) is 4.74 Å². The summed E-state index contributed by atoms with van der Waals surface area (Å²) >= 11 is 0. The number of ether oxygens (including phenoxy) is 1. The molecule has 0 radical (unpaired) electrons. The molecule has 0 aliphatic carbocycles. The van der Waals surface area contributed by atoms with Crippen molar-refractivity contribution in [1.29, 1.82) is 0 Å². The van der Waals surface area contributed by atoms with Crippen LogP contribution in [0.1, 0.15) is 28.4 Å². The quantitative estimate of drug-likeness (QED) is 0.915. The first-order chi connectivity index (χ1) is 9.10. The zero-order valence-corrected chi connectivity index (χ0v) is 11.6. The monoisotopic (exact) mass is 257 g/mol. The maximum Gasteiger partial charge on any atom is 0.137 e. The molecule has 0 amide bonds. The van der Waals surface area contributed by atoms with Crippen molar-refractivity contribution in [3.05, 3.63) is 58.9 Å². The predicted octanol–water partition coefficient (Wildman–Crippen LogP) is 2.98. The van der Waals surface area contributed by atoms with Crippen LogP contribution in [-0.4, -0.2) is 17.2 Å². The van der Waals surface area contributed by atoms with Gasteiger partial charge in [0.2, 0.25) is 0 Å². The van der Waals surface area contributed by atoms with Gasteiger partial charge in [0.1, 0.15) is 5.75 Å². The molecule has 0 bridgehead atoms. The lowest BCUT2D eigenvalue weighted by Gasteiger charge is -2.12. The van der Waals surface area contributed by atoms with E-state index in [9.17, 15) is 5.11 Å². The summed E-state index contributed by atoms with van der Waals surface area (Å²) in [6.07, 6.45) is 3.32. The standard InChI is InChI=1S/C16H19NO2/c1-11-4-5-13(6-12(11)2)7-16(18)14-8-15(19-3)10-17-9-14/h4-6,8-10,16,18H,7H2,1-3H3. The molecule has 0 aliphatic rings. The molecule has 100 valence electrons. The Balaban J connectivity index is 2.15. The van der Waals surface area contributed by atoms with E-state index in [1.165, 1.54) is 11.1 Å². The first-order valence-corrected chi connectivity index (χ1v) is 6.33. The summed E-state index contributed by atoms with van der Waals surface area (Å²) in [5, 5.41) is 10.3. The summed E-state index contributed by atoms with van der Waals surface area (Å²) in [4.78, 5) is 4.06. The average molecular weight is 257 g/mol. The van der Waals surface area contributed by atoms with Crippen molar-refractivity contribution in [1.82, 2.24) is 4.98 Å². The number of benzene rings is 1. The Hall–Kier alpha value is -1.87. The Morgan fingerprint density at radius 1 is 1.16 bits per heavy atom. The van der Waals surface area contributed by atoms with Crippen molar-refractivity contribution < 1.29 is 9.84 Å². The van der Waals surface area contributed by atoms with Gasteiger partial charge in [-0.25, -0.2) is 0 Å². The number of pyridine rings is 1. The van der Waals surface area contributed by atoms with Crippen LogP contribution in [0.25, 0.3) is 0 Å². The van der Waals surface area contributed by atoms with Crippen molar-refractivity contribution in [3.8, 4) is 5.75 Å². The Morgan fingerprint density at radius 3 is 2.63 bits per heavy atom. The maximum atomic E-state index is 10.3. The molecule has 0 saturated heterocycles. The highest BCUT2D eigenvalue weighted by molar-refractivity contribution is 5.32. The third-order valence-electron chi connectivity index (χ3n) is 3.36. The molecule has 3 nitrogen and oxygen atoms in total. The largest absolute Gasteiger partial charge is 0.495 e. The molecular formula is C16H19NO2. The molecule has 0 aliphatic heterocycles. The van der Waals surface area contributed by atoms with Crippen LogP contribution in [0.2, 0.25) is 0 Å². The fraction of sp³-hybridized carbons (Fsp3) is 0.312. The second-order valence-corrected chi connectivity index (χ2v) is 4.80. The first-order valence-electron chi connectivity index (χ1n) is 6.33. The normalized spacial score (nSPS) is 12.2. The molecule has 2 aromatic rings. The Labute approximate surface area is 113 Å². The second kappa shape index (κ2) is 5.85. The lowest BCUT2D eigenvalue weighted by Crippen LogP contribution is -2.03. The number of aliphatic hydroxyl groups excluding tert-OH is 1. The fourth-order valence-corrected chi connectivity index (χ4v) is 2.00. The zero-order valence-electron chi connectivity index (χ0n) is 11.6. The lowest BCUT2D eigenvalue weighted by molar-refractivity contribution is 0.177. The van der Waals surface area contributed by atoms with Crippen LogP contribution in [0.15, 0.2) is 36.7 Å². The molecule has 0 saturated carbocycles. The minimum atomic E-state index is -0.565. The van der Waals surface area contributed by atoms with Crippen LogP contribution in [0.3, 0.4) is 0 Å². The van der Waals surface area contributed by atoms with E-state index in [0.29, 0.717) is 12.2 Å². The summed E-state index contributed by atoms with van der Waals surface area (Å²) < 4.78 is 5.12. The van der Waals surface area contributed by atoms with Gasteiger partial charge in [0.25, 0.3) is 0 Å². The molecule has 3 heteroatoms. The molecule has 1 N–H and O–H groups in total. The maximum absolute atomic E-state index is 10.3. The van der Waals surface area contributed by atoms with Crippen molar-refractivity contribution in [2.24, 2.45) is 0 Å². The van der Waals surface area contributed by atoms with Crippen molar-refractivity contribution in [2.75, 3.05) is 7.11 Å². The summed E-state index contributed by atoms with van der Waals surface area (Å²) in [5.41, 5.74) is 4.41. The van der Waals surface area contributed by atoms with Crippen LogP contribution in [0.5, 0.6) is 5.75 Å². The van der Waals surface area contributed by atoms with Crippen molar-refractivity contribution >= 4 is 0 Å². The van der Waals surface area contributed by atoms with Gasteiger partial charge in [-0.05, 0) is 36.6 Å². The first kappa shape index (κ1) is 13.6. The van der Waals surface area contributed by atoms with E-state index in [-0.39, 0.29) is 0 Å². The van der Waals surface area contributed by atoms with Crippen LogP contribution in [0.4, 0.5) is 0 Å². The smallest absolute Gasteiger partial charge is 0.137 e. The molecule has 19 heavy (non-hydrogen) atoms. The lowest BCUT2D eigenvalue weighted by atomic mass is 9.99. The molecule has 1 aromatic carbocycles. The topological polar surface area (TPSA) is 42.4 Å². The highest BCUT2D eigenvalue weighted by Gasteiger charge is 2.10. The molecule has 2 rings (SSSR count). The van der Waals surface area contributed by atoms with Gasteiger partial charge in [0.15, 0.2) is 0 Å². The van der Waals surface area contributed by atoms with E-state index in [0.717, 1.165) is 11.1 Å². The number of aryl methyl sites for hydroxylation is 2. The van der Waals surface area contributed by atoms with E-state index < -0.39 is 6.10 Å². The Bertz CT molecular complexity index is 566. The zero-order chi connectivity index (χ0) is 13.8. The summed E-state index contributed by atoms with van der Waals surface area (Å²) in [5.74, 6) is 0.664. The number of hydrogen-bond donors (Lipinski definition) is 1. The van der Waals surface area contributed by atoms with Gasteiger partial charge in [0, 0.05) is 18.2 Å². The van der Waals surface area contributed by atoms with Crippen LogP contribution in [0, 0.1) is 13.8 Å². The number of rotatable bonds is 4. The van der Waals surface area contributed by atoms with Crippen LogP contribution in [-0.2, 0) is 6.42 Å². The molecule has 1 atom stereocenters. The minimum Gasteiger partial charge on any atom is -0.495 e. The van der Waals surface area contributed by atoms with E-state index in [1.807, 2.05) is 6.07 Å². The van der Waals surface area contributed by atoms with Gasteiger partial charge in [-0.15, -0.1) is 0 Å². The Kier molecular flexibility index (Phi) is 4.17. The highest BCUT2D eigenvalue weighted by Crippen LogP contribution is 2.22.